The van der Waals surface area contributed by atoms with Gasteiger partial charge in [0.2, 0.25) is 5.95 Å². The molecule has 1 N–H and O–H groups in total. The van der Waals surface area contributed by atoms with Crippen LogP contribution in [-0.2, 0) is 4.74 Å². The zero-order valence-electron chi connectivity index (χ0n) is 16.1. The Labute approximate surface area is 165 Å². The summed E-state index contributed by atoms with van der Waals surface area (Å²) in [4.78, 5) is 22.9. The standard InChI is InChI=1S/C20H27N7O/c1-2-15(1)19-21-8-4-18(25-19)26-9-5-16(6-10-26)23-17-3-7-22-20(24-17)27-11-13-28-14-12-27/h3-4,7-8,15-16H,1-2,5-6,9-14H2,(H,22,23,24). The van der Waals surface area contributed by atoms with E-state index in [0.29, 0.717) is 12.0 Å². The molecular weight excluding hydrogens is 354 g/mol. The summed E-state index contributed by atoms with van der Waals surface area (Å²) in [5.74, 6) is 4.39. The van der Waals surface area contributed by atoms with Gasteiger partial charge >= 0.3 is 0 Å². The third-order valence-electron chi connectivity index (χ3n) is 5.71. The Bertz CT molecular complexity index is 799. The van der Waals surface area contributed by atoms with Gasteiger partial charge in [0.05, 0.1) is 13.2 Å². The molecule has 0 bridgehead atoms. The van der Waals surface area contributed by atoms with Crippen LogP contribution in [0.1, 0.15) is 37.4 Å². The zero-order valence-corrected chi connectivity index (χ0v) is 16.1. The number of nitrogens with one attached hydrogen (secondary N) is 1. The van der Waals surface area contributed by atoms with E-state index in [4.69, 9.17) is 14.7 Å². The van der Waals surface area contributed by atoms with E-state index in [1.807, 2.05) is 24.5 Å². The lowest BCUT2D eigenvalue weighted by Crippen LogP contribution is -2.40. The van der Waals surface area contributed by atoms with Gasteiger partial charge in [-0.15, -0.1) is 0 Å². The first-order chi connectivity index (χ1) is 13.8. The zero-order chi connectivity index (χ0) is 18.8. The highest BCUT2D eigenvalue weighted by Crippen LogP contribution is 2.38. The minimum Gasteiger partial charge on any atom is -0.378 e. The van der Waals surface area contributed by atoms with Crippen molar-refractivity contribution in [2.45, 2.75) is 37.6 Å². The molecule has 28 heavy (non-hydrogen) atoms. The molecule has 0 atom stereocenters. The molecule has 5 rings (SSSR count). The maximum Gasteiger partial charge on any atom is 0.227 e. The van der Waals surface area contributed by atoms with Crippen LogP contribution in [0.3, 0.4) is 0 Å². The van der Waals surface area contributed by atoms with Crippen molar-refractivity contribution in [3.05, 3.63) is 30.4 Å². The van der Waals surface area contributed by atoms with Crippen LogP contribution >= 0.6 is 0 Å². The van der Waals surface area contributed by atoms with Crippen molar-refractivity contribution in [3.8, 4) is 0 Å². The molecule has 2 saturated heterocycles. The number of aromatic nitrogens is 4. The number of anilines is 3. The van der Waals surface area contributed by atoms with Gasteiger partial charge in [0, 0.05) is 50.5 Å². The van der Waals surface area contributed by atoms with E-state index in [9.17, 15) is 0 Å². The maximum atomic E-state index is 5.42. The molecule has 2 aromatic rings. The van der Waals surface area contributed by atoms with Crippen molar-refractivity contribution in [3.63, 3.8) is 0 Å². The highest BCUT2D eigenvalue weighted by molar-refractivity contribution is 5.43. The second kappa shape index (κ2) is 7.87. The highest BCUT2D eigenvalue weighted by atomic mass is 16.5. The van der Waals surface area contributed by atoms with Crippen LogP contribution in [0.4, 0.5) is 17.6 Å². The summed E-state index contributed by atoms with van der Waals surface area (Å²) in [6.45, 7) is 5.18. The fraction of sp³-hybridized carbons (Fsp3) is 0.600. The minimum absolute atomic E-state index is 0.424. The molecule has 0 aromatic carbocycles. The first-order valence-electron chi connectivity index (χ1n) is 10.4. The van der Waals surface area contributed by atoms with Crippen molar-refractivity contribution in [2.24, 2.45) is 0 Å². The van der Waals surface area contributed by atoms with Gasteiger partial charge in [-0.2, -0.15) is 4.98 Å². The van der Waals surface area contributed by atoms with Crippen LogP contribution in [0.2, 0.25) is 0 Å². The normalized spacial score (nSPS) is 21.0. The van der Waals surface area contributed by atoms with Gasteiger partial charge < -0.3 is 19.9 Å². The molecule has 8 heteroatoms. The third-order valence-corrected chi connectivity index (χ3v) is 5.71. The summed E-state index contributed by atoms with van der Waals surface area (Å²) >= 11 is 0. The smallest absolute Gasteiger partial charge is 0.227 e. The van der Waals surface area contributed by atoms with Crippen molar-refractivity contribution in [1.82, 2.24) is 19.9 Å². The van der Waals surface area contributed by atoms with E-state index in [-0.39, 0.29) is 0 Å². The summed E-state index contributed by atoms with van der Waals surface area (Å²) in [5.41, 5.74) is 0. The number of ether oxygens (including phenoxy) is 1. The van der Waals surface area contributed by atoms with Gasteiger partial charge in [0.25, 0.3) is 0 Å². The summed E-state index contributed by atoms with van der Waals surface area (Å²) in [7, 11) is 0. The Hall–Kier alpha value is -2.48. The van der Waals surface area contributed by atoms with Crippen LogP contribution in [0.5, 0.6) is 0 Å². The topological polar surface area (TPSA) is 79.3 Å². The average molecular weight is 381 g/mol. The van der Waals surface area contributed by atoms with Crippen LogP contribution in [-0.4, -0.2) is 65.4 Å². The first kappa shape index (κ1) is 17.6. The molecule has 0 radical (unpaired) electrons. The van der Waals surface area contributed by atoms with E-state index >= 15 is 0 Å². The minimum atomic E-state index is 0.424. The summed E-state index contributed by atoms with van der Waals surface area (Å²) in [5, 5.41) is 3.60. The quantitative estimate of drug-likeness (QED) is 0.843. The molecule has 2 aliphatic heterocycles. The molecular formula is C20H27N7O. The van der Waals surface area contributed by atoms with Gasteiger partial charge in [0.15, 0.2) is 0 Å². The monoisotopic (exact) mass is 381 g/mol. The van der Waals surface area contributed by atoms with Crippen LogP contribution in [0.25, 0.3) is 0 Å². The van der Waals surface area contributed by atoms with Crippen molar-refractivity contribution in [1.29, 1.82) is 0 Å². The Kier molecular flexibility index (Phi) is 4.95. The number of rotatable bonds is 5. The predicted molar refractivity (Wildman–Crippen MR) is 108 cm³/mol. The SMILES string of the molecule is c1cc(N2CCC(Nc3ccnc(N4CCOCC4)n3)CC2)nc(C2CC2)n1. The molecule has 4 heterocycles. The van der Waals surface area contributed by atoms with Crippen LogP contribution in [0, 0.1) is 0 Å². The van der Waals surface area contributed by atoms with Gasteiger partial charge in [-0.05, 0) is 37.8 Å². The maximum absolute atomic E-state index is 5.42. The lowest BCUT2D eigenvalue weighted by atomic mass is 10.1. The van der Waals surface area contributed by atoms with Gasteiger partial charge in [-0.25, -0.2) is 15.0 Å². The molecule has 8 nitrogen and oxygen atoms in total. The Morgan fingerprint density at radius 2 is 1.64 bits per heavy atom. The third kappa shape index (κ3) is 4.01. The van der Waals surface area contributed by atoms with E-state index < -0.39 is 0 Å². The highest BCUT2D eigenvalue weighted by Gasteiger charge is 2.28. The second-order valence-corrected chi connectivity index (χ2v) is 7.79. The fourth-order valence-corrected chi connectivity index (χ4v) is 3.88. The molecule has 0 unspecified atom stereocenters. The summed E-state index contributed by atoms with van der Waals surface area (Å²) in [6, 6.07) is 4.43. The van der Waals surface area contributed by atoms with E-state index in [0.717, 1.165) is 75.6 Å². The number of morpholine rings is 1. The molecule has 1 aliphatic carbocycles. The summed E-state index contributed by atoms with van der Waals surface area (Å²) in [6.07, 6.45) is 8.37. The molecule has 148 valence electrons. The Morgan fingerprint density at radius 1 is 0.857 bits per heavy atom. The van der Waals surface area contributed by atoms with E-state index in [2.05, 4.69) is 25.1 Å². The number of hydrogen-bond donors (Lipinski definition) is 1. The van der Waals surface area contributed by atoms with E-state index in [1.54, 1.807) is 0 Å². The molecule has 0 amide bonds. The largest absolute Gasteiger partial charge is 0.378 e. The first-order valence-corrected chi connectivity index (χ1v) is 10.4. The lowest BCUT2D eigenvalue weighted by Gasteiger charge is -2.33. The van der Waals surface area contributed by atoms with Crippen LogP contribution in [0.15, 0.2) is 24.5 Å². The van der Waals surface area contributed by atoms with Gasteiger partial charge in [0.1, 0.15) is 17.5 Å². The Morgan fingerprint density at radius 3 is 2.43 bits per heavy atom. The second-order valence-electron chi connectivity index (χ2n) is 7.79. The number of nitrogens with zero attached hydrogens (tertiary/aromatic N) is 6. The van der Waals surface area contributed by atoms with Crippen molar-refractivity contribution in [2.75, 3.05) is 54.5 Å². The van der Waals surface area contributed by atoms with E-state index in [1.165, 1.54) is 12.8 Å². The molecule has 0 spiro atoms. The predicted octanol–water partition coefficient (Wildman–Crippen LogP) is 2.06. The molecule has 3 aliphatic rings. The van der Waals surface area contributed by atoms with Crippen molar-refractivity contribution < 1.29 is 4.74 Å². The number of hydrogen-bond acceptors (Lipinski definition) is 8. The van der Waals surface area contributed by atoms with Crippen molar-refractivity contribution >= 4 is 17.6 Å². The Balaban J connectivity index is 1.18. The molecule has 1 saturated carbocycles. The fourth-order valence-electron chi connectivity index (χ4n) is 3.88. The van der Waals surface area contributed by atoms with Gasteiger partial charge in [-0.1, -0.05) is 0 Å². The van der Waals surface area contributed by atoms with Crippen LogP contribution < -0.4 is 15.1 Å². The average Bonchev–Trinajstić information content (AvgIpc) is 3.61. The molecule has 2 aromatic heterocycles. The van der Waals surface area contributed by atoms with Gasteiger partial charge in [-0.3, -0.25) is 0 Å². The molecule has 3 fully saturated rings. The lowest BCUT2D eigenvalue weighted by molar-refractivity contribution is 0.122. The summed E-state index contributed by atoms with van der Waals surface area (Å²) < 4.78 is 5.42. The number of piperidine rings is 1.